The number of nitrogens with one attached hydrogen (secondary N) is 1. The molecule has 0 radical (unpaired) electrons. The molecule has 1 heterocycles. The van der Waals surface area contributed by atoms with Gasteiger partial charge in [0.15, 0.2) is 11.5 Å². The Morgan fingerprint density at radius 3 is 2.40 bits per heavy atom. The molecule has 1 N–H and O–H groups in total. The Balaban J connectivity index is 1.77. The maximum absolute atomic E-state index is 6.12. The van der Waals surface area contributed by atoms with Crippen molar-refractivity contribution in [2.24, 2.45) is 0 Å². The molecule has 1 aliphatic rings. The molecule has 20 heavy (non-hydrogen) atoms. The van der Waals surface area contributed by atoms with Crippen molar-refractivity contribution in [3.63, 3.8) is 0 Å². The molecule has 2 aromatic carbocycles. The van der Waals surface area contributed by atoms with Gasteiger partial charge in [0.05, 0.1) is 15.7 Å². The fraction of sp³-hybridized carbons (Fsp3) is 0.143. The van der Waals surface area contributed by atoms with Gasteiger partial charge >= 0.3 is 0 Å². The van der Waals surface area contributed by atoms with E-state index in [0.29, 0.717) is 27.3 Å². The number of rotatable bonds is 3. The van der Waals surface area contributed by atoms with Crippen LogP contribution in [0.2, 0.25) is 15.1 Å². The zero-order chi connectivity index (χ0) is 14.1. The number of ether oxygens (including phenoxy) is 2. The molecule has 0 atom stereocenters. The van der Waals surface area contributed by atoms with Crippen molar-refractivity contribution < 1.29 is 9.47 Å². The summed E-state index contributed by atoms with van der Waals surface area (Å²) in [7, 11) is 0. The van der Waals surface area contributed by atoms with E-state index in [1.54, 1.807) is 12.1 Å². The highest BCUT2D eigenvalue weighted by molar-refractivity contribution is 6.41. The minimum atomic E-state index is 0.265. The van der Waals surface area contributed by atoms with Gasteiger partial charge in [-0.2, -0.15) is 0 Å². The van der Waals surface area contributed by atoms with Crippen molar-refractivity contribution in [3.05, 3.63) is 51.0 Å². The number of halogens is 3. The molecule has 0 aromatic heterocycles. The first kappa shape index (κ1) is 13.7. The number of anilines is 1. The van der Waals surface area contributed by atoms with Crippen molar-refractivity contribution in [2.45, 2.75) is 6.54 Å². The number of benzene rings is 2. The standard InChI is InChI=1S/C14H10Cl3NO2/c15-9-4-10(16)14(11(17)5-9)18-6-8-1-2-12-13(3-8)20-7-19-12/h1-5,18H,6-7H2. The third kappa shape index (κ3) is 2.75. The Hall–Kier alpha value is -1.29. The normalized spacial score (nSPS) is 12.6. The van der Waals surface area contributed by atoms with Gasteiger partial charge in [-0.1, -0.05) is 40.9 Å². The first-order chi connectivity index (χ1) is 9.63. The fourth-order valence-corrected chi connectivity index (χ4v) is 2.90. The molecule has 3 rings (SSSR count). The summed E-state index contributed by atoms with van der Waals surface area (Å²) in [6.45, 7) is 0.832. The van der Waals surface area contributed by atoms with E-state index in [1.165, 1.54) is 0 Å². The van der Waals surface area contributed by atoms with Gasteiger partial charge in [0, 0.05) is 11.6 Å². The van der Waals surface area contributed by atoms with Crippen LogP contribution in [0.4, 0.5) is 5.69 Å². The summed E-state index contributed by atoms with van der Waals surface area (Å²) in [6, 6.07) is 9.06. The maximum Gasteiger partial charge on any atom is 0.231 e. The summed E-state index contributed by atoms with van der Waals surface area (Å²) in [5.74, 6) is 1.51. The zero-order valence-electron chi connectivity index (χ0n) is 10.3. The highest BCUT2D eigenvalue weighted by Crippen LogP contribution is 2.35. The van der Waals surface area contributed by atoms with Crippen molar-refractivity contribution in [1.29, 1.82) is 0 Å². The summed E-state index contributed by atoms with van der Waals surface area (Å²) in [5, 5.41) is 4.68. The SMILES string of the molecule is Clc1cc(Cl)c(NCc2ccc3c(c2)OCO3)c(Cl)c1. The average Bonchev–Trinajstić information content (AvgIpc) is 2.84. The van der Waals surface area contributed by atoms with Gasteiger partial charge in [-0.05, 0) is 29.8 Å². The van der Waals surface area contributed by atoms with Crippen LogP contribution in [0, 0.1) is 0 Å². The Kier molecular flexibility index (Phi) is 3.83. The lowest BCUT2D eigenvalue weighted by Crippen LogP contribution is -2.00. The van der Waals surface area contributed by atoms with Crippen LogP contribution in [0.1, 0.15) is 5.56 Å². The summed E-state index contributed by atoms with van der Waals surface area (Å²) in [4.78, 5) is 0. The highest BCUT2D eigenvalue weighted by Gasteiger charge is 2.13. The van der Waals surface area contributed by atoms with E-state index < -0.39 is 0 Å². The van der Waals surface area contributed by atoms with E-state index >= 15 is 0 Å². The molecule has 0 spiro atoms. The van der Waals surface area contributed by atoms with Gasteiger partial charge in [0.1, 0.15) is 0 Å². The van der Waals surface area contributed by atoms with Crippen LogP contribution in [0.3, 0.4) is 0 Å². The second-order valence-electron chi connectivity index (χ2n) is 4.29. The second kappa shape index (κ2) is 5.60. The highest BCUT2D eigenvalue weighted by atomic mass is 35.5. The van der Waals surface area contributed by atoms with Crippen LogP contribution in [-0.2, 0) is 6.54 Å². The predicted molar refractivity (Wildman–Crippen MR) is 81.4 cm³/mol. The first-order valence-electron chi connectivity index (χ1n) is 5.90. The van der Waals surface area contributed by atoms with Crippen LogP contribution in [0.25, 0.3) is 0 Å². The minimum absolute atomic E-state index is 0.265. The van der Waals surface area contributed by atoms with E-state index in [2.05, 4.69) is 5.32 Å². The van der Waals surface area contributed by atoms with Crippen molar-refractivity contribution in [2.75, 3.05) is 12.1 Å². The van der Waals surface area contributed by atoms with E-state index in [1.807, 2.05) is 18.2 Å². The monoisotopic (exact) mass is 329 g/mol. The molecular formula is C14H10Cl3NO2. The molecule has 0 aliphatic carbocycles. The average molecular weight is 331 g/mol. The van der Waals surface area contributed by atoms with Gasteiger partial charge in [-0.3, -0.25) is 0 Å². The molecular weight excluding hydrogens is 321 g/mol. The Morgan fingerprint density at radius 1 is 0.950 bits per heavy atom. The molecule has 0 fully saturated rings. The third-order valence-electron chi connectivity index (χ3n) is 2.91. The van der Waals surface area contributed by atoms with E-state index in [9.17, 15) is 0 Å². The van der Waals surface area contributed by atoms with Crippen LogP contribution in [0.5, 0.6) is 11.5 Å². The van der Waals surface area contributed by atoms with Crippen LogP contribution in [0.15, 0.2) is 30.3 Å². The molecule has 6 heteroatoms. The fourth-order valence-electron chi connectivity index (χ4n) is 1.95. The van der Waals surface area contributed by atoms with Crippen LogP contribution >= 0.6 is 34.8 Å². The Bertz CT molecular complexity index is 638. The molecule has 2 aromatic rings. The lowest BCUT2D eigenvalue weighted by Gasteiger charge is -2.11. The third-order valence-corrected chi connectivity index (χ3v) is 3.73. The van der Waals surface area contributed by atoms with Gasteiger partial charge < -0.3 is 14.8 Å². The number of hydrogen-bond acceptors (Lipinski definition) is 3. The molecule has 104 valence electrons. The number of hydrogen-bond donors (Lipinski definition) is 1. The summed E-state index contributed by atoms with van der Waals surface area (Å²) < 4.78 is 10.6. The van der Waals surface area contributed by atoms with Crippen molar-refractivity contribution >= 4 is 40.5 Å². The minimum Gasteiger partial charge on any atom is -0.454 e. The topological polar surface area (TPSA) is 30.5 Å². The largest absolute Gasteiger partial charge is 0.454 e. The Labute approximate surface area is 131 Å². The van der Waals surface area contributed by atoms with E-state index in [0.717, 1.165) is 17.1 Å². The molecule has 0 unspecified atom stereocenters. The molecule has 0 bridgehead atoms. The number of fused-ring (bicyclic) bond motifs is 1. The first-order valence-corrected chi connectivity index (χ1v) is 7.04. The van der Waals surface area contributed by atoms with E-state index in [4.69, 9.17) is 44.3 Å². The smallest absolute Gasteiger partial charge is 0.231 e. The molecule has 0 saturated heterocycles. The molecule has 0 saturated carbocycles. The van der Waals surface area contributed by atoms with E-state index in [-0.39, 0.29) is 6.79 Å². The van der Waals surface area contributed by atoms with Gasteiger partial charge in [0.25, 0.3) is 0 Å². The van der Waals surface area contributed by atoms with Crippen LogP contribution < -0.4 is 14.8 Å². The quantitative estimate of drug-likeness (QED) is 0.860. The lowest BCUT2D eigenvalue weighted by molar-refractivity contribution is 0.174. The summed E-state index contributed by atoms with van der Waals surface area (Å²) >= 11 is 18.1. The second-order valence-corrected chi connectivity index (χ2v) is 5.54. The van der Waals surface area contributed by atoms with Crippen molar-refractivity contribution in [3.8, 4) is 11.5 Å². The van der Waals surface area contributed by atoms with Crippen molar-refractivity contribution in [1.82, 2.24) is 0 Å². The summed E-state index contributed by atoms with van der Waals surface area (Å²) in [5.41, 5.74) is 1.70. The predicted octanol–water partition coefficient (Wildman–Crippen LogP) is 4.99. The van der Waals surface area contributed by atoms with Crippen LogP contribution in [-0.4, -0.2) is 6.79 Å². The Morgan fingerprint density at radius 2 is 1.65 bits per heavy atom. The summed E-state index contributed by atoms with van der Waals surface area (Å²) in [6.07, 6.45) is 0. The molecule has 3 nitrogen and oxygen atoms in total. The molecule has 1 aliphatic heterocycles. The van der Waals surface area contributed by atoms with Gasteiger partial charge in [-0.15, -0.1) is 0 Å². The maximum atomic E-state index is 6.12. The molecule has 0 amide bonds. The van der Waals surface area contributed by atoms with Gasteiger partial charge in [0.2, 0.25) is 6.79 Å². The lowest BCUT2D eigenvalue weighted by atomic mass is 10.2. The van der Waals surface area contributed by atoms with Gasteiger partial charge in [-0.25, -0.2) is 0 Å². The zero-order valence-corrected chi connectivity index (χ0v) is 12.5.